The van der Waals surface area contributed by atoms with E-state index in [4.69, 9.17) is 4.98 Å². The molecule has 0 amide bonds. The molecule has 5 nitrogen and oxygen atoms in total. The Morgan fingerprint density at radius 2 is 2.04 bits per heavy atom. The lowest BCUT2D eigenvalue weighted by atomic mass is 10.1. The number of benzene rings is 2. The number of hydrogen-bond donors (Lipinski definition) is 2. The fraction of sp³-hybridized carbons (Fsp3) is 0.0476. The van der Waals surface area contributed by atoms with Gasteiger partial charge in [-0.2, -0.15) is 0 Å². The van der Waals surface area contributed by atoms with Crippen molar-refractivity contribution in [1.82, 2.24) is 19.4 Å². The normalized spacial score (nSPS) is 11.3. The van der Waals surface area contributed by atoms with E-state index in [2.05, 4.69) is 68.5 Å². The van der Waals surface area contributed by atoms with Crippen LogP contribution in [0.4, 0.5) is 11.5 Å². The average Bonchev–Trinajstić information content (AvgIpc) is 3.26. The van der Waals surface area contributed by atoms with E-state index in [1.807, 2.05) is 28.9 Å². The van der Waals surface area contributed by atoms with Crippen molar-refractivity contribution in [3.05, 3.63) is 77.3 Å². The molecular weight excluding hydrogens is 402 g/mol. The Hall–Kier alpha value is -3.12. The van der Waals surface area contributed by atoms with Crippen LogP contribution in [-0.4, -0.2) is 19.4 Å². The van der Waals surface area contributed by atoms with Crippen molar-refractivity contribution in [3.63, 3.8) is 0 Å². The standard InChI is InChI=1S/C21H16BrN5/c1-13-6-7-14(10-17(13)22)25-21-20(26-19-12-23-8-9-27(19)21)16-11-24-18-5-3-2-4-15(16)18/h2-12,24-25H,1H3. The first-order valence-electron chi connectivity index (χ1n) is 8.62. The van der Waals surface area contributed by atoms with Gasteiger partial charge in [-0.1, -0.05) is 40.2 Å². The molecule has 0 saturated heterocycles. The predicted molar refractivity (Wildman–Crippen MR) is 112 cm³/mol. The maximum absolute atomic E-state index is 4.85. The Morgan fingerprint density at radius 1 is 1.15 bits per heavy atom. The molecule has 2 N–H and O–H groups in total. The van der Waals surface area contributed by atoms with E-state index < -0.39 is 0 Å². The van der Waals surface area contributed by atoms with Crippen LogP contribution >= 0.6 is 15.9 Å². The molecule has 3 heterocycles. The Labute approximate surface area is 164 Å². The zero-order valence-corrected chi connectivity index (χ0v) is 16.2. The largest absolute Gasteiger partial charge is 0.360 e. The molecule has 0 atom stereocenters. The molecule has 5 rings (SSSR count). The van der Waals surface area contributed by atoms with Crippen LogP contribution in [0.1, 0.15) is 5.56 Å². The van der Waals surface area contributed by atoms with Gasteiger partial charge in [0.25, 0.3) is 0 Å². The van der Waals surface area contributed by atoms with Gasteiger partial charge >= 0.3 is 0 Å². The van der Waals surface area contributed by atoms with Gasteiger partial charge in [0.05, 0.1) is 6.20 Å². The Morgan fingerprint density at radius 3 is 2.93 bits per heavy atom. The SMILES string of the molecule is Cc1ccc(Nc2c(-c3c[nH]c4ccccc34)nc3cnccn23)cc1Br. The maximum Gasteiger partial charge on any atom is 0.157 e. The van der Waals surface area contributed by atoms with E-state index in [0.29, 0.717) is 0 Å². The smallest absolute Gasteiger partial charge is 0.157 e. The van der Waals surface area contributed by atoms with Crippen molar-refractivity contribution < 1.29 is 0 Å². The number of hydrogen-bond acceptors (Lipinski definition) is 3. The van der Waals surface area contributed by atoms with Gasteiger partial charge in [0.2, 0.25) is 0 Å². The van der Waals surface area contributed by atoms with Crippen molar-refractivity contribution in [2.24, 2.45) is 0 Å². The molecule has 6 heteroatoms. The third-order valence-corrected chi connectivity index (χ3v) is 5.56. The van der Waals surface area contributed by atoms with Crippen LogP contribution in [0.5, 0.6) is 0 Å². The minimum absolute atomic E-state index is 0.798. The van der Waals surface area contributed by atoms with Crippen LogP contribution in [0.15, 0.2) is 71.7 Å². The summed E-state index contributed by atoms with van der Waals surface area (Å²) in [5, 5.41) is 4.69. The van der Waals surface area contributed by atoms with Crippen LogP contribution < -0.4 is 5.32 Å². The summed E-state index contributed by atoms with van der Waals surface area (Å²) >= 11 is 3.61. The number of aryl methyl sites for hydroxylation is 1. The van der Waals surface area contributed by atoms with E-state index in [0.717, 1.165) is 43.8 Å². The van der Waals surface area contributed by atoms with Gasteiger partial charge in [-0.3, -0.25) is 9.38 Å². The first-order chi connectivity index (χ1) is 13.2. The molecule has 3 aromatic heterocycles. The van der Waals surface area contributed by atoms with E-state index in [1.54, 1.807) is 12.4 Å². The molecule has 0 radical (unpaired) electrons. The van der Waals surface area contributed by atoms with Gasteiger partial charge < -0.3 is 10.3 Å². The summed E-state index contributed by atoms with van der Waals surface area (Å²) in [4.78, 5) is 12.4. The number of aromatic amines is 1. The van der Waals surface area contributed by atoms with E-state index in [1.165, 1.54) is 5.56 Å². The molecule has 0 bridgehead atoms. The predicted octanol–water partition coefficient (Wildman–Crippen LogP) is 5.69. The minimum Gasteiger partial charge on any atom is -0.360 e. The van der Waals surface area contributed by atoms with Gasteiger partial charge in [-0.15, -0.1) is 0 Å². The maximum atomic E-state index is 4.85. The molecule has 0 fully saturated rings. The second-order valence-electron chi connectivity index (χ2n) is 6.45. The number of para-hydroxylation sites is 1. The molecule has 132 valence electrons. The fourth-order valence-corrected chi connectivity index (χ4v) is 3.67. The van der Waals surface area contributed by atoms with Crippen LogP contribution in [0.3, 0.4) is 0 Å². The zero-order chi connectivity index (χ0) is 18.4. The van der Waals surface area contributed by atoms with E-state index in [9.17, 15) is 0 Å². The lowest BCUT2D eigenvalue weighted by molar-refractivity contribution is 1.13. The summed E-state index contributed by atoms with van der Waals surface area (Å²) in [5.74, 6) is 0.910. The van der Waals surface area contributed by atoms with E-state index in [-0.39, 0.29) is 0 Å². The molecule has 0 saturated carbocycles. The number of imidazole rings is 1. The summed E-state index contributed by atoms with van der Waals surface area (Å²) in [5.41, 5.74) is 6.02. The third-order valence-electron chi connectivity index (χ3n) is 4.71. The first-order valence-corrected chi connectivity index (χ1v) is 9.42. The summed E-state index contributed by atoms with van der Waals surface area (Å²) in [6.45, 7) is 2.07. The van der Waals surface area contributed by atoms with Gasteiger partial charge in [-0.05, 0) is 30.7 Å². The number of anilines is 2. The highest BCUT2D eigenvalue weighted by Gasteiger charge is 2.17. The molecule has 27 heavy (non-hydrogen) atoms. The molecule has 0 spiro atoms. The second-order valence-corrected chi connectivity index (χ2v) is 7.30. The molecule has 0 aliphatic carbocycles. The number of halogens is 1. The lowest BCUT2D eigenvalue weighted by Gasteiger charge is -2.10. The third kappa shape index (κ3) is 2.69. The molecule has 0 aliphatic rings. The van der Waals surface area contributed by atoms with Crippen LogP contribution in [0.25, 0.3) is 27.8 Å². The lowest BCUT2D eigenvalue weighted by Crippen LogP contribution is -1.97. The highest BCUT2D eigenvalue weighted by atomic mass is 79.9. The van der Waals surface area contributed by atoms with Crippen LogP contribution in [0.2, 0.25) is 0 Å². The highest BCUT2D eigenvalue weighted by Crippen LogP contribution is 2.35. The van der Waals surface area contributed by atoms with Crippen LogP contribution in [0, 0.1) is 6.92 Å². The summed E-state index contributed by atoms with van der Waals surface area (Å²) < 4.78 is 3.09. The van der Waals surface area contributed by atoms with Gasteiger partial charge in [0.15, 0.2) is 5.65 Å². The van der Waals surface area contributed by atoms with Crippen molar-refractivity contribution >= 4 is 44.0 Å². The second kappa shape index (κ2) is 6.25. The fourth-order valence-electron chi connectivity index (χ4n) is 3.29. The quantitative estimate of drug-likeness (QED) is 0.396. The van der Waals surface area contributed by atoms with Crippen molar-refractivity contribution in [1.29, 1.82) is 0 Å². The number of nitrogens with zero attached hydrogens (tertiary/aromatic N) is 3. The topological polar surface area (TPSA) is 58.0 Å². The summed E-state index contributed by atoms with van der Waals surface area (Å²) in [6.07, 6.45) is 7.47. The molecule has 0 unspecified atom stereocenters. The highest BCUT2D eigenvalue weighted by molar-refractivity contribution is 9.10. The number of H-pyrrole nitrogens is 1. The van der Waals surface area contributed by atoms with Crippen molar-refractivity contribution in [3.8, 4) is 11.3 Å². The molecule has 5 aromatic rings. The van der Waals surface area contributed by atoms with Crippen molar-refractivity contribution in [2.45, 2.75) is 6.92 Å². The first kappa shape index (κ1) is 16.1. The van der Waals surface area contributed by atoms with E-state index >= 15 is 0 Å². The number of aromatic nitrogens is 4. The number of fused-ring (bicyclic) bond motifs is 2. The van der Waals surface area contributed by atoms with Crippen LogP contribution in [-0.2, 0) is 0 Å². The molecule has 2 aromatic carbocycles. The molecule has 0 aliphatic heterocycles. The number of nitrogens with one attached hydrogen (secondary N) is 2. The van der Waals surface area contributed by atoms with Gasteiger partial charge in [0.1, 0.15) is 11.5 Å². The zero-order valence-electron chi connectivity index (χ0n) is 14.6. The minimum atomic E-state index is 0.798. The summed E-state index contributed by atoms with van der Waals surface area (Å²) in [7, 11) is 0. The Bertz CT molecular complexity index is 1280. The Kier molecular flexibility index (Phi) is 3.72. The molecular formula is C21H16BrN5. The average molecular weight is 418 g/mol. The summed E-state index contributed by atoms with van der Waals surface area (Å²) in [6, 6.07) is 14.5. The van der Waals surface area contributed by atoms with Gasteiger partial charge in [0, 0.05) is 45.2 Å². The van der Waals surface area contributed by atoms with Crippen molar-refractivity contribution in [2.75, 3.05) is 5.32 Å². The van der Waals surface area contributed by atoms with Gasteiger partial charge in [-0.25, -0.2) is 4.98 Å². The number of rotatable bonds is 3. The Balaban J connectivity index is 1.73. The monoisotopic (exact) mass is 417 g/mol.